The van der Waals surface area contributed by atoms with Crippen molar-refractivity contribution >= 4 is 28.3 Å². The number of carboxylic acids is 1. The second-order valence-electron chi connectivity index (χ2n) is 4.46. The molecule has 0 aliphatic carbocycles. The standard InChI is InChI=1S/C13H20N2O3S/c1-3-4-5-6-7-11(16)15-13-14-9(2)10(19-13)8-12(17)18/h3-8H2,1-2H3,(H,17,18)(H,14,15,16). The number of aliphatic carboxylic acids is 1. The Labute approximate surface area is 117 Å². The number of hydrogen-bond donors (Lipinski definition) is 2. The normalized spacial score (nSPS) is 10.4. The number of carboxylic acid groups (broad SMARTS) is 1. The van der Waals surface area contributed by atoms with Gasteiger partial charge in [-0.2, -0.15) is 0 Å². The van der Waals surface area contributed by atoms with Crippen LogP contribution in [0.3, 0.4) is 0 Å². The van der Waals surface area contributed by atoms with Gasteiger partial charge < -0.3 is 10.4 Å². The van der Waals surface area contributed by atoms with Crippen LogP contribution in [0.5, 0.6) is 0 Å². The Kier molecular flexibility index (Phi) is 6.49. The molecule has 0 bridgehead atoms. The summed E-state index contributed by atoms with van der Waals surface area (Å²) in [4.78, 5) is 27.2. The van der Waals surface area contributed by atoms with Crippen LogP contribution in [-0.4, -0.2) is 22.0 Å². The molecular weight excluding hydrogens is 264 g/mol. The average Bonchev–Trinajstić information content (AvgIpc) is 2.64. The van der Waals surface area contributed by atoms with E-state index in [-0.39, 0.29) is 12.3 Å². The second kappa shape index (κ2) is 7.89. The van der Waals surface area contributed by atoms with Crippen LogP contribution in [-0.2, 0) is 16.0 Å². The van der Waals surface area contributed by atoms with Crippen molar-refractivity contribution in [1.29, 1.82) is 0 Å². The first-order valence-corrected chi connectivity index (χ1v) is 7.32. The fraction of sp³-hybridized carbons (Fsp3) is 0.615. The van der Waals surface area contributed by atoms with E-state index in [1.807, 2.05) is 0 Å². The maximum absolute atomic E-state index is 11.7. The van der Waals surface area contributed by atoms with Crippen molar-refractivity contribution in [2.24, 2.45) is 0 Å². The number of carbonyl (C=O) groups is 2. The van der Waals surface area contributed by atoms with Crippen molar-refractivity contribution in [3.8, 4) is 0 Å². The summed E-state index contributed by atoms with van der Waals surface area (Å²) < 4.78 is 0. The van der Waals surface area contributed by atoms with Crippen molar-refractivity contribution in [3.63, 3.8) is 0 Å². The number of aromatic nitrogens is 1. The van der Waals surface area contributed by atoms with E-state index in [0.717, 1.165) is 25.7 Å². The van der Waals surface area contributed by atoms with Crippen LogP contribution in [0.4, 0.5) is 5.13 Å². The molecule has 6 heteroatoms. The van der Waals surface area contributed by atoms with Crippen LogP contribution in [0.2, 0.25) is 0 Å². The number of thiazole rings is 1. The molecule has 1 aromatic rings. The number of unbranched alkanes of at least 4 members (excludes halogenated alkanes) is 3. The summed E-state index contributed by atoms with van der Waals surface area (Å²) in [6, 6.07) is 0. The molecule has 0 radical (unpaired) electrons. The topological polar surface area (TPSA) is 79.3 Å². The third-order valence-corrected chi connectivity index (χ3v) is 3.78. The minimum absolute atomic E-state index is 0.0458. The highest BCUT2D eigenvalue weighted by Gasteiger charge is 2.12. The summed E-state index contributed by atoms with van der Waals surface area (Å²) in [6.07, 6.45) is 4.68. The van der Waals surface area contributed by atoms with Gasteiger partial charge in [0.2, 0.25) is 5.91 Å². The number of anilines is 1. The summed E-state index contributed by atoms with van der Waals surface area (Å²) in [7, 11) is 0. The van der Waals surface area contributed by atoms with Crippen molar-refractivity contribution in [3.05, 3.63) is 10.6 Å². The Hall–Kier alpha value is -1.43. The Morgan fingerprint density at radius 3 is 2.68 bits per heavy atom. The largest absolute Gasteiger partial charge is 0.481 e. The smallest absolute Gasteiger partial charge is 0.308 e. The Balaban J connectivity index is 2.44. The third-order valence-electron chi connectivity index (χ3n) is 2.71. The van der Waals surface area contributed by atoms with Gasteiger partial charge in [0.25, 0.3) is 0 Å². The summed E-state index contributed by atoms with van der Waals surface area (Å²) >= 11 is 1.24. The van der Waals surface area contributed by atoms with E-state index in [9.17, 15) is 9.59 Å². The molecule has 0 atom stereocenters. The molecule has 0 aliphatic heterocycles. The minimum atomic E-state index is -0.885. The van der Waals surface area contributed by atoms with E-state index in [4.69, 9.17) is 5.11 Å². The van der Waals surface area contributed by atoms with E-state index in [0.29, 0.717) is 22.1 Å². The minimum Gasteiger partial charge on any atom is -0.481 e. The second-order valence-corrected chi connectivity index (χ2v) is 5.54. The van der Waals surface area contributed by atoms with Gasteiger partial charge in [-0.1, -0.05) is 26.2 Å². The predicted octanol–water partition coefficient (Wildman–Crippen LogP) is 2.99. The highest BCUT2D eigenvalue weighted by molar-refractivity contribution is 7.16. The predicted molar refractivity (Wildman–Crippen MR) is 75.6 cm³/mol. The molecule has 2 N–H and O–H groups in total. The zero-order chi connectivity index (χ0) is 14.3. The first-order chi connectivity index (χ1) is 9.02. The zero-order valence-corrected chi connectivity index (χ0v) is 12.2. The molecule has 0 fully saturated rings. The number of aryl methyl sites for hydroxylation is 1. The fourth-order valence-electron chi connectivity index (χ4n) is 1.68. The lowest BCUT2D eigenvalue weighted by atomic mass is 10.1. The van der Waals surface area contributed by atoms with E-state index in [1.165, 1.54) is 11.3 Å². The summed E-state index contributed by atoms with van der Waals surface area (Å²) in [5.74, 6) is -0.934. The SMILES string of the molecule is CCCCCCC(=O)Nc1nc(C)c(CC(=O)O)s1. The molecule has 0 unspecified atom stereocenters. The van der Waals surface area contributed by atoms with Crippen LogP contribution >= 0.6 is 11.3 Å². The van der Waals surface area contributed by atoms with Gasteiger partial charge >= 0.3 is 5.97 Å². The molecule has 1 heterocycles. The molecule has 0 spiro atoms. The van der Waals surface area contributed by atoms with E-state index in [1.54, 1.807) is 6.92 Å². The van der Waals surface area contributed by atoms with Crippen LogP contribution < -0.4 is 5.32 Å². The number of nitrogens with one attached hydrogen (secondary N) is 1. The van der Waals surface area contributed by atoms with Gasteiger partial charge in [0.05, 0.1) is 12.1 Å². The molecule has 0 aliphatic rings. The van der Waals surface area contributed by atoms with Crippen LogP contribution in [0.15, 0.2) is 0 Å². The van der Waals surface area contributed by atoms with Crippen LogP contribution in [0.25, 0.3) is 0 Å². The quantitative estimate of drug-likeness (QED) is 0.719. The molecule has 0 aromatic carbocycles. The third kappa shape index (κ3) is 5.83. The van der Waals surface area contributed by atoms with Gasteiger partial charge in [-0.3, -0.25) is 9.59 Å². The van der Waals surface area contributed by atoms with E-state index < -0.39 is 5.97 Å². The molecule has 0 saturated heterocycles. The molecule has 106 valence electrons. The maximum Gasteiger partial charge on any atom is 0.308 e. The lowest BCUT2D eigenvalue weighted by molar-refractivity contribution is -0.136. The summed E-state index contributed by atoms with van der Waals surface area (Å²) in [5, 5.41) is 12.0. The first-order valence-electron chi connectivity index (χ1n) is 6.51. The summed E-state index contributed by atoms with van der Waals surface area (Å²) in [6.45, 7) is 3.88. The highest BCUT2D eigenvalue weighted by atomic mass is 32.1. The highest BCUT2D eigenvalue weighted by Crippen LogP contribution is 2.23. The number of hydrogen-bond acceptors (Lipinski definition) is 4. The number of carbonyl (C=O) groups excluding carboxylic acids is 1. The van der Waals surface area contributed by atoms with Crippen molar-refractivity contribution in [2.75, 3.05) is 5.32 Å². The molecule has 1 aromatic heterocycles. The monoisotopic (exact) mass is 284 g/mol. The summed E-state index contributed by atoms with van der Waals surface area (Å²) in [5.41, 5.74) is 0.675. The average molecular weight is 284 g/mol. The Morgan fingerprint density at radius 1 is 1.32 bits per heavy atom. The number of nitrogens with zero attached hydrogens (tertiary/aromatic N) is 1. The van der Waals surface area contributed by atoms with Crippen molar-refractivity contribution in [2.45, 2.75) is 52.4 Å². The molecule has 1 amide bonds. The van der Waals surface area contributed by atoms with Crippen molar-refractivity contribution in [1.82, 2.24) is 4.98 Å². The molecule has 0 saturated carbocycles. The molecule has 1 rings (SSSR count). The van der Waals surface area contributed by atoms with Gasteiger partial charge in [-0.05, 0) is 13.3 Å². The van der Waals surface area contributed by atoms with Crippen LogP contribution in [0, 0.1) is 6.92 Å². The van der Waals surface area contributed by atoms with Gasteiger partial charge in [-0.15, -0.1) is 11.3 Å². The Bertz CT molecular complexity index is 443. The lowest BCUT2D eigenvalue weighted by Crippen LogP contribution is -2.10. The number of rotatable bonds is 8. The molecular formula is C13H20N2O3S. The fourth-order valence-corrected chi connectivity index (χ4v) is 2.65. The lowest BCUT2D eigenvalue weighted by Gasteiger charge is -2.00. The van der Waals surface area contributed by atoms with Gasteiger partial charge in [0, 0.05) is 11.3 Å². The van der Waals surface area contributed by atoms with E-state index in [2.05, 4.69) is 17.2 Å². The van der Waals surface area contributed by atoms with Crippen molar-refractivity contribution < 1.29 is 14.7 Å². The molecule has 19 heavy (non-hydrogen) atoms. The van der Waals surface area contributed by atoms with Gasteiger partial charge in [0.15, 0.2) is 5.13 Å². The Morgan fingerprint density at radius 2 is 2.05 bits per heavy atom. The first kappa shape index (κ1) is 15.6. The maximum atomic E-state index is 11.7. The van der Waals surface area contributed by atoms with Gasteiger partial charge in [0.1, 0.15) is 0 Å². The molecule has 5 nitrogen and oxygen atoms in total. The zero-order valence-electron chi connectivity index (χ0n) is 11.4. The van der Waals surface area contributed by atoms with E-state index >= 15 is 0 Å². The number of amides is 1. The van der Waals surface area contributed by atoms with Crippen LogP contribution in [0.1, 0.15) is 49.6 Å². The van der Waals surface area contributed by atoms with Gasteiger partial charge in [-0.25, -0.2) is 4.98 Å².